The van der Waals surface area contributed by atoms with Crippen molar-refractivity contribution >= 4 is 16.5 Å². The van der Waals surface area contributed by atoms with Crippen LogP contribution in [-0.2, 0) is 10.8 Å². The quantitative estimate of drug-likeness (QED) is 0.842. The van der Waals surface area contributed by atoms with E-state index in [2.05, 4.69) is 0 Å². The van der Waals surface area contributed by atoms with Crippen LogP contribution in [0.15, 0.2) is 23.1 Å². The predicted molar refractivity (Wildman–Crippen MR) is 79.9 cm³/mol. The summed E-state index contributed by atoms with van der Waals surface area (Å²) in [5.41, 5.74) is 6.55. The largest absolute Gasteiger partial charge is 0.494 e. The van der Waals surface area contributed by atoms with Gasteiger partial charge in [-0.25, -0.2) is 0 Å². The molecule has 1 atom stereocenters. The Bertz CT molecular complexity index is 442. The van der Waals surface area contributed by atoms with Crippen LogP contribution >= 0.6 is 0 Å². The lowest BCUT2D eigenvalue weighted by Gasteiger charge is -2.21. The van der Waals surface area contributed by atoms with Crippen LogP contribution in [0.3, 0.4) is 0 Å². The molecule has 0 spiro atoms. The summed E-state index contributed by atoms with van der Waals surface area (Å²) < 4.78 is 17.9. The van der Waals surface area contributed by atoms with Gasteiger partial charge in [0, 0.05) is 11.4 Å². The molecule has 1 aliphatic carbocycles. The number of rotatable bonds is 5. The fourth-order valence-electron chi connectivity index (χ4n) is 2.63. The van der Waals surface area contributed by atoms with Gasteiger partial charge >= 0.3 is 0 Å². The van der Waals surface area contributed by atoms with Crippen molar-refractivity contribution in [3.63, 3.8) is 0 Å². The van der Waals surface area contributed by atoms with Crippen LogP contribution in [0.2, 0.25) is 0 Å². The van der Waals surface area contributed by atoms with Gasteiger partial charge in [-0.2, -0.15) is 0 Å². The van der Waals surface area contributed by atoms with Gasteiger partial charge in [0.1, 0.15) is 5.75 Å². The zero-order valence-electron chi connectivity index (χ0n) is 11.6. The van der Waals surface area contributed by atoms with E-state index in [9.17, 15) is 4.21 Å². The predicted octanol–water partition coefficient (Wildman–Crippen LogP) is 3.36. The third kappa shape index (κ3) is 3.96. The minimum Gasteiger partial charge on any atom is -0.494 e. The third-order valence-electron chi connectivity index (χ3n) is 3.65. The summed E-state index contributed by atoms with van der Waals surface area (Å²) >= 11 is 0. The lowest BCUT2D eigenvalue weighted by atomic mass is 9.91. The molecule has 19 heavy (non-hydrogen) atoms. The first-order valence-electron chi connectivity index (χ1n) is 7.11. The first-order chi connectivity index (χ1) is 9.20. The van der Waals surface area contributed by atoms with Gasteiger partial charge in [0.25, 0.3) is 0 Å². The van der Waals surface area contributed by atoms with Crippen LogP contribution in [0, 0.1) is 5.92 Å². The summed E-state index contributed by atoms with van der Waals surface area (Å²) in [5.74, 6) is 2.08. The lowest BCUT2D eigenvalue weighted by Crippen LogP contribution is -2.15. The Hall–Kier alpha value is -1.03. The molecule has 1 aromatic carbocycles. The summed E-state index contributed by atoms with van der Waals surface area (Å²) in [6.07, 6.45) is 6.28. The number of ether oxygens (including phenoxy) is 1. The number of hydrogen-bond acceptors (Lipinski definition) is 3. The molecule has 106 valence electrons. The maximum Gasteiger partial charge on any atom is 0.120 e. The average Bonchev–Trinajstić information content (AvgIpc) is 2.42. The Labute approximate surface area is 118 Å². The van der Waals surface area contributed by atoms with E-state index in [0.717, 1.165) is 16.4 Å². The second-order valence-electron chi connectivity index (χ2n) is 5.15. The number of benzene rings is 1. The van der Waals surface area contributed by atoms with E-state index < -0.39 is 10.8 Å². The van der Waals surface area contributed by atoms with Crippen molar-refractivity contribution in [1.82, 2.24) is 0 Å². The van der Waals surface area contributed by atoms with Crippen molar-refractivity contribution in [1.29, 1.82) is 0 Å². The molecule has 0 saturated heterocycles. The van der Waals surface area contributed by atoms with E-state index in [1.54, 1.807) is 6.07 Å². The van der Waals surface area contributed by atoms with Gasteiger partial charge < -0.3 is 10.5 Å². The molecule has 0 aliphatic heterocycles. The van der Waals surface area contributed by atoms with E-state index in [0.29, 0.717) is 18.2 Å². The number of hydrogen-bond donors (Lipinski definition) is 1. The van der Waals surface area contributed by atoms with E-state index in [-0.39, 0.29) is 0 Å². The molecule has 4 heteroatoms. The molecule has 1 aromatic rings. The molecular weight excluding hydrogens is 258 g/mol. The summed E-state index contributed by atoms with van der Waals surface area (Å²) in [7, 11) is -1.01. The Morgan fingerprint density at radius 3 is 2.74 bits per heavy atom. The van der Waals surface area contributed by atoms with Crippen LogP contribution in [-0.4, -0.2) is 16.6 Å². The SMILES string of the molecule is CCOc1ccc(N)c(S(=O)CC2CCCCC2)c1. The maximum absolute atomic E-state index is 12.5. The smallest absolute Gasteiger partial charge is 0.120 e. The van der Waals surface area contributed by atoms with E-state index in [4.69, 9.17) is 10.5 Å². The van der Waals surface area contributed by atoms with Crippen LogP contribution in [0.5, 0.6) is 5.75 Å². The van der Waals surface area contributed by atoms with Crippen molar-refractivity contribution in [2.24, 2.45) is 5.92 Å². The Morgan fingerprint density at radius 2 is 2.05 bits per heavy atom. The van der Waals surface area contributed by atoms with Gasteiger partial charge in [0.05, 0.1) is 22.3 Å². The molecule has 0 radical (unpaired) electrons. The zero-order chi connectivity index (χ0) is 13.7. The molecule has 3 nitrogen and oxygen atoms in total. The summed E-state index contributed by atoms with van der Waals surface area (Å²) in [6.45, 7) is 2.55. The maximum atomic E-state index is 12.5. The summed E-state index contributed by atoms with van der Waals surface area (Å²) in [5, 5.41) is 0. The first kappa shape index (κ1) is 14.4. The molecule has 0 aromatic heterocycles. The fourth-order valence-corrected chi connectivity index (χ4v) is 4.15. The summed E-state index contributed by atoms with van der Waals surface area (Å²) in [4.78, 5) is 0.733. The number of nitrogen functional groups attached to an aromatic ring is 1. The topological polar surface area (TPSA) is 52.3 Å². The molecule has 1 unspecified atom stereocenters. The normalized spacial score (nSPS) is 18.2. The van der Waals surface area contributed by atoms with Gasteiger partial charge in [0.2, 0.25) is 0 Å². The molecule has 1 fully saturated rings. The highest BCUT2D eigenvalue weighted by molar-refractivity contribution is 7.85. The monoisotopic (exact) mass is 281 g/mol. The zero-order valence-corrected chi connectivity index (χ0v) is 12.4. The highest BCUT2D eigenvalue weighted by Gasteiger charge is 2.18. The van der Waals surface area contributed by atoms with Gasteiger partial charge in [-0.1, -0.05) is 19.3 Å². The molecule has 0 bridgehead atoms. The van der Waals surface area contributed by atoms with Crippen LogP contribution in [0.1, 0.15) is 39.0 Å². The average molecular weight is 281 g/mol. The molecule has 2 N–H and O–H groups in total. The van der Waals surface area contributed by atoms with Crippen molar-refractivity contribution in [3.05, 3.63) is 18.2 Å². The molecule has 1 saturated carbocycles. The lowest BCUT2D eigenvalue weighted by molar-refractivity contribution is 0.339. The molecule has 0 amide bonds. The van der Waals surface area contributed by atoms with Crippen LogP contribution in [0.4, 0.5) is 5.69 Å². The van der Waals surface area contributed by atoms with Crippen molar-refractivity contribution in [3.8, 4) is 5.75 Å². The third-order valence-corrected chi connectivity index (χ3v) is 5.27. The van der Waals surface area contributed by atoms with E-state index in [1.165, 1.54) is 32.1 Å². The number of anilines is 1. The summed E-state index contributed by atoms with van der Waals surface area (Å²) in [6, 6.07) is 5.46. The van der Waals surface area contributed by atoms with Crippen molar-refractivity contribution < 1.29 is 8.95 Å². The van der Waals surface area contributed by atoms with E-state index in [1.807, 2.05) is 19.1 Å². The molecular formula is C15H23NO2S. The Balaban J connectivity index is 2.06. The van der Waals surface area contributed by atoms with E-state index >= 15 is 0 Å². The Morgan fingerprint density at radius 1 is 1.32 bits per heavy atom. The molecule has 0 heterocycles. The van der Waals surface area contributed by atoms with Crippen molar-refractivity contribution in [2.75, 3.05) is 18.1 Å². The molecule has 2 rings (SSSR count). The molecule has 1 aliphatic rings. The minimum atomic E-state index is -1.01. The van der Waals surface area contributed by atoms with Crippen molar-refractivity contribution in [2.45, 2.75) is 43.9 Å². The highest BCUT2D eigenvalue weighted by Crippen LogP contribution is 2.28. The van der Waals surface area contributed by atoms with Crippen LogP contribution in [0.25, 0.3) is 0 Å². The first-order valence-corrected chi connectivity index (χ1v) is 8.43. The second-order valence-corrected chi connectivity index (χ2v) is 6.61. The van der Waals surface area contributed by atoms with Gasteiger partial charge in [-0.15, -0.1) is 0 Å². The van der Waals surface area contributed by atoms with Crippen LogP contribution < -0.4 is 10.5 Å². The second kappa shape index (κ2) is 6.94. The number of nitrogens with two attached hydrogens (primary N) is 1. The minimum absolute atomic E-state index is 0.588. The highest BCUT2D eigenvalue weighted by atomic mass is 32.2. The van der Waals surface area contributed by atoms with Gasteiger partial charge in [-0.05, 0) is 43.9 Å². The van der Waals surface area contributed by atoms with Gasteiger partial charge in [-0.3, -0.25) is 4.21 Å². The standard InChI is InChI=1S/C15H23NO2S/c1-2-18-13-8-9-14(16)15(10-13)19(17)11-12-6-4-3-5-7-12/h8-10,12H,2-7,11,16H2,1H3. The van der Waals surface area contributed by atoms with Gasteiger partial charge in [0.15, 0.2) is 0 Å². The fraction of sp³-hybridized carbons (Fsp3) is 0.600. The Kier molecular flexibility index (Phi) is 5.25.